The van der Waals surface area contributed by atoms with Crippen molar-refractivity contribution in [2.75, 3.05) is 19.0 Å². The third kappa shape index (κ3) is 3.69. The number of carbonyl (C=O) groups excluding carboxylic acids is 1. The van der Waals surface area contributed by atoms with Crippen LogP contribution < -0.4 is 0 Å². The molecule has 1 aromatic carbocycles. The lowest BCUT2D eigenvalue weighted by atomic mass is 9.95. The molecule has 2 nitrogen and oxygen atoms in total. The monoisotopic (exact) mass is 347 g/mol. The van der Waals surface area contributed by atoms with Gasteiger partial charge in [0, 0.05) is 23.4 Å². The quantitative estimate of drug-likeness (QED) is 0.754. The van der Waals surface area contributed by atoms with E-state index < -0.39 is 0 Å². The van der Waals surface area contributed by atoms with Gasteiger partial charge >= 0.3 is 0 Å². The number of carbonyl (C=O) groups is 1. The molecule has 1 heterocycles. The van der Waals surface area contributed by atoms with Gasteiger partial charge in [0.1, 0.15) is 5.82 Å². The first kappa shape index (κ1) is 14.8. The second-order valence-electron chi connectivity index (χ2n) is 4.86. The van der Waals surface area contributed by atoms with E-state index >= 15 is 0 Å². The molecule has 19 heavy (non-hydrogen) atoms. The highest BCUT2D eigenvalue weighted by atomic mass is 79.9. The van der Waals surface area contributed by atoms with Crippen LogP contribution >= 0.6 is 27.5 Å². The number of likely N-dealkylation sites (tertiary alicyclic amines) is 1. The summed E-state index contributed by atoms with van der Waals surface area (Å²) < 4.78 is 13.9. The highest BCUT2D eigenvalue weighted by Gasteiger charge is 2.25. The lowest BCUT2D eigenvalue weighted by molar-refractivity contribution is 0.0670. The van der Waals surface area contributed by atoms with Gasteiger partial charge in [0.2, 0.25) is 0 Å². The molecule has 0 aliphatic carbocycles. The van der Waals surface area contributed by atoms with Gasteiger partial charge in [-0.15, -0.1) is 11.6 Å². The molecule has 0 saturated carbocycles. The van der Waals surface area contributed by atoms with Gasteiger partial charge in [-0.25, -0.2) is 4.39 Å². The average molecular weight is 349 g/mol. The fourth-order valence-electron chi connectivity index (χ4n) is 2.47. The van der Waals surface area contributed by atoms with Crippen molar-refractivity contribution >= 4 is 33.4 Å². The van der Waals surface area contributed by atoms with E-state index in [-0.39, 0.29) is 11.7 Å². The molecule has 1 amide bonds. The van der Waals surface area contributed by atoms with Crippen molar-refractivity contribution in [2.45, 2.75) is 19.3 Å². The maximum absolute atomic E-state index is 13.3. The lowest BCUT2D eigenvalue weighted by Crippen LogP contribution is -2.40. The number of amides is 1. The van der Waals surface area contributed by atoms with E-state index in [2.05, 4.69) is 15.9 Å². The molecule has 0 radical (unpaired) electrons. The van der Waals surface area contributed by atoms with Crippen LogP contribution in [0.2, 0.25) is 0 Å². The number of halogens is 3. The van der Waals surface area contributed by atoms with Crippen molar-refractivity contribution in [3.8, 4) is 0 Å². The Kier molecular flexibility index (Phi) is 5.22. The molecule has 0 aromatic heterocycles. The normalized spacial score (nSPS) is 19.5. The molecule has 1 saturated heterocycles. The standard InChI is InChI=1S/C14H16BrClFNO/c15-13-4-3-11(17)8-12(13)14(19)18-7-1-2-10(9-18)5-6-16/h3-4,8,10H,1-2,5-7,9H2. The minimum absolute atomic E-state index is 0.106. The summed E-state index contributed by atoms with van der Waals surface area (Å²) in [4.78, 5) is 14.2. The van der Waals surface area contributed by atoms with E-state index in [1.165, 1.54) is 12.1 Å². The molecule has 5 heteroatoms. The van der Waals surface area contributed by atoms with Crippen LogP contribution in [0.3, 0.4) is 0 Å². The van der Waals surface area contributed by atoms with Gasteiger partial charge in [-0.05, 0) is 59.3 Å². The molecule has 0 N–H and O–H groups in total. The first-order chi connectivity index (χ1) is 9.11. The zero-order chi connectivity index (χ0) is 13.8. The van der Waals surface area contributed by atoms with E-state index in [0.717, 1.165) is 25.8 Å². The van der Waals surface area contributed by atoms with Crippen LogP contribution in [0.5, 0.6) is 0 Å². The Morgan fingerprint density at radius 2 is 2.32 bits per heavy atom. The first-order valence-electron chi connectivity index (χ1n) is 6.42. The maximum atomic E-state index is 13.3. The van der Waals surface area contributed by atoms with Crippen molar-refractivity contribution in [1.29, 1.82) is 0 Å². The van der Waals surface area contributed by atoms with Gasteiger partial charge in [-0.2, -0.15) is 0 Å². The topological polar surface area (TPSA) is 20.3 Å². The molecule has 0 spiro atoms. The zero-order valence-electron chi connectivity index (χ0n) is 10.5. The van der Waals surface area contributed by atoms with Crippen LogP contribution in [0.4, 0.5) is 4.39 Å². The van der Waals surface area contributed by atoms with Crippen molar-refractivity contribution < 1.29 is 9.18 Å². The molecule has 1 atom stereocenters. The van der Waals surface area contributed by atoms with Crippen LogP contribution in [-0.2, 0) is 0 Å². The highest BCUT2D eigenvalue weighted by molar-refractivity contribution is 9.10. The minimum atomic E-state index is -0.388. The second-order valence-corrected chi connectivity index (χ2v) is 6.09. The maximum Gasteiger partial charge on any atom is 0.255 e. The summed E-state index contributed by atoms with van der Waals surface area (Å²) >= 11 is 9.07. The molecule has 1 aliphatic rings. The number of piperidine rings is 1. The molecule has 1 fully saturated rings. The summed E-state index contributed by atoms with van der Waals surface area (Å²) in [5, 5.41) is 0. The number of nitrogens with zero attached hydrogens (tertiary/aromatic N) is 1. The SMILES string of the molecule is O=C(c1cc(F)ccc1Br)N1CCCC(CCCl)C1. The Labute approximate surface area is 126 Å². The zero-order valence-corrected chi connectivity index (χ0v) is 12.9. The van der Waals surface area contributed by atoms with Crippen molar-refractivity contribution in [3.63, 3.8) is 0 Å². The van der Waals surface area contributed by atoms with Gasteiger partial charge in [-0.3, -0.25) is 4.79 Å². The molecule has 1 unspecified atom stereocenters. The van der Waals surface area contributed by atoms with Crippen LogP contribution in [-0.4, -0.2) is 29.8 Å². The molecule has 1 aromatic rings. The number of hydrogen-bond donors (Lipinski definition) is 0. The summed E-state index contributed by atoms with van der Waals surface area (Å²) in [6.07, 6.45) is 3.02. The van der Waals surface area contributed by atoms with Gasteiger partial charge in [0.15, 0.2) is 0 Å². The molecular weight excluding hydrogens is 333 g/mol. The lowest BCUT2D eigenvalue weighted by Gasteiger charge is -2.32. The largest absolute Gasteiger partial charge is 0.338 e. The van der Waals surface area contributed by atoms with Crippen molar-refractivity contribution in [3.05, 3.63) is 34.1 Å². The average Bonchev–Trinajstić information content (AvgIpc) is 2.41. The summed E-state index contributed by atoms with van der Waals surface area (Å²) in [6, 6.07) is 4.20. The van der Waals surface area contributed by atoms with Crippen LogP contribution in [0.25, 0.3) is 0 Å². The van der Waals surface area contributed by atoms with E-state index in [1.54, 1.807) is 11.0 Å². The van der Waals surface area contributed by atoms with E-state index in [9.17, 15) is 9.18 Å². The van der Waals surface area contributed by atoms with Crippen molar-refractivity contribution in [1.82, 2.24) is 4.90 Å². The number of rotatable bonds is 3. The smallest absolute Gasteiger partial charge is 0.255 e. The Morgan fingerprint density at radius 3 is 3.05 bits per heavy atom. The molecule has 0 bridgehead atoms. The first-order valence-corrected chi connectivity index (χ1v) is 7.75. The molecule has 2 rings (SSSR count). The molecular formula is C14H16BrClFNO. The predicted octanol–water partition coefficient (Wildman–Crippen LogP) is 4.07. The third-order valence-electron chi connectivity index (χ3n) is 3.48. The summed E-state index contributed by atoms with van der Waals surface area (Å²) in [5.74, 6) is 0.588. The minimum Gasteiger partial charge on any atom is -0.338 e. The highest BCUT2D eigenvalue weighted by Crippen LogP contribution is 2.24. The third-order valence-corrected chi connectivity index (χ3v) is 4.39. The Balaban J connectivity index is 2.12. The predicted molar refractivity (Wildman–Crippen MR) is 78.1 cm³/mol. The van der Waals surface area contributed by atoms with Crippen molar-refractivity contribution in [2.24, 2.45) is 5.92 Å². The summed E-state index contributed by atoms with van der Waals surface area (Å²) in [5.41, 5.74) is 0.395. The Morgan fingerprint density at radius 1 is 1.53 bits per heavy atom. The van der Waals surface area contributed by atoms with Crippen LogP contribution in [0, 0.1) is 11.7 Å². The van der Waals surface area contributed by atoms with Crippen LogP contribution in [0.1, 0.15) is 29.6 Å². The van der Waals surface area contributed by atoms with E-state index in [4.69, 9.17) is 11.6 Å². The van der Waals surface area contributed by atoms with Gasteiger partial charge in [0.25, 0.3) is 5.91 Å². The van der Waals surface area contributed by atoms with Gasteiger partial charge in [0.05, 0.1) is 5.56 Å². The van der Waals surface area contributed by atoms with E-state index in [0.29, 0.717) is 28.4 Å². The summed E-state index contributed by atoms with van der Waals surface area (Å²) in [7, 11) is 0. The summed E-state index contributed by atoms with van der Waals surface area (Å²) in [6.45, 7) is 1.45. The number of alkyl halides is 1. The fraction of sp³-hybridized carbons (Fsp3) is 0.500. The molecule has 104 valence electrons. The molecule has 1 aliphatic heterocycles. The Bertz CT molecular complexity index is 467. The fourth-order valence-corrected chi connectivity index (χ4v) is 3.20. The van der Waals surface area contributed by atoms with Gasteiger partial charge in [-0.1, -0.05) is 0 Å². The Hall–Kier alpha value is -0.610. The number of benzene rings is 1. The van der Waals surface area contributed by atoms with Gasteiger partial charge < -0.3 is 4.90 Å². The second kappa shape index (κ2) is 6.71. The van der Waals surface area contributed by atoms with Crippen LogP contribution in [0.15, 0.2) is 22.7 Å². The number of hydrogen-bond acceptors (Lipinski definition) is 1. The van der Waals surface area contributed by atoms with E-state index in [1.807, 2.05) is 0 Å².